The van der Waals surface area contributed by atoms with Gasteiger partial charge in [-0.05, 0) is 254 Å². The van der Waals surface area contributed by atoms with E-state index in [1.807, 2.05) is 0 Å². The lowest BCUT2D eigenvalue weighted by Gasteiger charge is -2.18. The molecule has 0 spiro atoms. The molecule has 0 unspecified atom stereocenters. The van der Waals surface area contributed by atoms with Crippen LogP contribution in [0, 0.1) is 0 Å². The van der Waals surface area contributed by atoms with Gasteiger partial charge in [-0.25, -0.2) is 0 Å². The molecule has 0 aliphatic heterocycles. The Morgan fingerprint density at radius 3 is 0.989 bits per heavy atom. The molecule has 90 heavy (non-hydrogen) atoms. The van der Waals surface area contributed by atoms with E-state index >= 15 is 0 Å². The molecule has 0 fully saturated rings. The van der Waals surface area contributed by atoms with E-state index in [0.29, 0.717) is 0 Å². The Kier molecular flexibility index (Phi) is 13.0. The molecule has 0 heterocycles. The summed E-state index contributed by atoms with van der Waals surface area (Å²) in [5.74, 6) is 0. The first-order valence-electron chi connectivity index (χ1n) is 32.7. The fraction of sp³-hybridized carbons (Fsp3) is 0.111. The van der Waals surface area contributed by atoms with Crippen LogP contribution >= 0.6 is 0 Å². The minimum Gasteiger partial charge on any atom is -0.0616 e. The van der Waals surface area contributed by atoms with E-state index in [1.54, 1.807) is 0 Å². The summed E-state index contributed by atoms with van der Waals surface area (Å²) in [6.45, 7) is 9.12. The second kappa shape index (κ2) is 21.7. The summed E-state index contributed by atoms with van der Waals surface area (Å²) in [6.07, 6.45) is 6.00. The second-order valence-corrected chi connectivity index (χ2v) is 25.0. The lowest BCUT2D eigenvalue weighted by molar-refractivity contribution is 1.18. The van der Waals surface area contributed by atoms with Gasteiger partial charge in [-0.2, -0.15) is 0 Å². The van der Waals surface area contributed by atoms with Crippen LogP contribution in [0.3, 0.4) is 0 Å². The average Bonchev–Trinajstić information content (AvgIpc) is 1.71. The standard InChI is InChI=1S/2C45H34/c1-3-32-34-15-6-5-13-28(34)27-43-38(32)20-12-21-39(43)42-22-11-14-29-25-31-26-30(23-24-35(31)44(29)42)45-40-18-9-7-16-36(40)33(4-2)37-17-8-10-19-41(37)45;1-3-32-34-15-6-5-13-28(34)26-43-37(32)20-12-21-38(43)41-22-11-14-30-25-29-23-24-31(27-42(29)45(30)41)44-39-18-9-7-16-35(39)33(4-2)36-17-8-10-19-40(36)44/h2*5-24,26-27H,3-4,25H2,1-2H3. The van der Waals surface area contributed by atoms with Crippen molar-refractivity contribution in [2.24, 2.45) is 0 Å². The van der Waals surface area contributed by atoms with Gasteiger partial charge in [0.2, 0.25) is 0 Å². The molecule has 2 aliphatic carbocycles. The summed E-state index contributed by atoms with van der Waals surface area (Å²) in [5.41, 5.74) is 27.6. The Labute approximate surface area is 527 Å². The van der Waals surface area contributed by atoms with E-state index < -0.39 is 0 Å². The lowest BCUT2D eigenvalue weighted by Crippen LogP contribution is -1.93. The summed E-state index contributed by atoms with van der Waals surface area (Å²) in [6, 6.07) is 101. The Morgan fingerprint density at radius 1 is 0.200 bits per heavy atom. The van der Waals surface area contributed by atoms with Crippen LogP contribution in [0.5, 0.6) is 0 Å². The van der Waals surface area contributed by atoms with Gasteiger partial charge >= 0.3 is 0 Å². The molecule has 0 N–H and O–H groups in total. The largest absolute Gasteiger partial charge is 0.0616 e. The minimum absolute atomic E-state index is 0.961. The van der Waals surface area contributed by atoms with Crippen molar-refractivity contribution >= 4 is 86.2 Å². The summed E-state index contributed by atoms with van der Waals surface area (Å²) in [5, 5.41) is 21.6. The van der Waals surface area contributed by atoms with E-state index in [9.17, 15) is 0 Å². The molecule has 0 amide bonds. The fourth-order valence-corrected chi connectivity index (χ4v) is 16.7. The van der Waals surface area contributed by atoms with Crippen molar-refractivity contribution in [2.75, 3.05) is 0 Å². The van der Waals surface area contributed by atoms with Crippen LogP contribution in [0.15, 0.2) is 267 Å². The molecule has 0 nitrogen and oxygen atoms in total. The van der Waals surface area contributed by atoms with Gasteiger partial charge in [0.1, 0.15) is 0 Å². The average molecular weight is 1150 g/mol. The van der Waals surface area contributed by atoms with Crippen LogP contribution in [-0.4, -0.2) is 0 Å². The molecule has 0 saturated heterocycles. The minimum atomic E-state index is 0.961. The predicted octanol–water partition coefficient (Wildman–Crippen LogP) is 24.7. The van der Waals surface area contributed by atoms with Crippen LogP contribution in [-0.2, 0) is 38.5 Å². The van der Waals surface area contributed by atoms with Crippen molar-refractivity contribution in [3.63, 3.8) is 0 Å². The third-order valence-corrected chi connectivity index (χ3v) is 20.5. The Balaban J connectivity index is 0.000000139. The first-order chi connectivity index (χ1) is 44.5. The van der Waals surface area contributed by atoms with Gasteiger partial charge in [-0.15, -0.1) is 0 Å². The van der Waals surface area contributed by atoms with Crippen LogP contribution in [0.25, 0.3) is 153 Å². The maximum Gasteiger partial charge on any atom is -0.00130 e. The number of benzene rings is 16. The Morgan fingerprint density at radius 2 is 0.533 bits per heavy atom. The molecule has 2 aliphatic rings. The third kappa shape index (κ3) is 8.34. The maximum absolute atomic E-state index is 2.49. The number of aryl methyl sites for hydroxylation is 4. The summed E-state index contributed by atoms with van der Waals surface area (Å²) < 4.78 is 0. The van der Waals surface area contributed by atoms with Gasteiger partial charge in [-0.1, -0.05) is 276 Å². The Bertz CT molecular complexity index is 5540. The highest BCUT2D eigenvalue weighted by Gasteiger charge is 2.27. The molecular weight excluding hydrogens is 1080 g/mol. The van der Waals surface area contributed by atoms with Gasteiger partial charge in [0.15, 0.2) is 0 Å². The number of hydrogen-bond donors (Lipinski definition) is 0. The molecule has 16 aromatic carbocycles. The summed E-state index contributed by atoms with van der Waals surface area (Å²) >= 11 is 0. The van der Waals surface area contributed by atoms with Crippen molar-refractivity contribution in [3.05, 3.63) is 311 Å². The normalized spacial score (nSPS) is 12.3. The molecule has 0 atom stereocenters. The molecule has 0 heteroatoms. The molecular formula is C90H68. The quantitative estimate of drug-likeness (QED) is 0.133. The van der Waals surface area contributed by atoms with Gasteiger partial charge in [0.25, 0.3) is 0 Å². The zero-order valence-corrected chi connectivity index (χ0v) is 51.6. The SMILES string of the molecule is CCc1c2ccccc2cc2c(-c3cccc4c3-c3cc(-c5c6ccccc6c(CC)c6ccccc56)ccc3C4)cccc12.CCc1c2ccccc2cc2c(-c3cccc4c3-c3ccc(-c5c6ccccc6c(CC)c6ccccc56)cc3C4)cccc12. The first kappa shape index (κ1) is 53.8. The molecule has 18 rings (SSSR count). The summed E-state index contributed by atoms with van der Waals surface area (Å²) in [7, 11) is 0. The van der Waals surface area contributed by atoms with E-state index in [1.165, 1.54) is 197 Å². The van der Waals surface area contributed by atoms with Crippen LogP contribution < -0.4 is 0 Å². The zero-order chi connectivity index (χ0) is 60.1. The smallest absolute Gasteiger partial charge is 0.00130 e. The highest BCUT2D eigenvalue weighted by atomic mass is 14.3. The molecule has 0 saturated carbocycles. The second-order valence-electron chi connectivity index (χ2n) is 25.0. The van der Waals surface area contributed by atoms with Gasteiger partial charge in [-0.3, -0.25) is 0 Å². The summed E-state index contributed by atoms with van der Waals surface area (Å²) in [4.78, 5) is 0. The zero-order valence-electron chi connectivity index (χ0n) is 51.6. The van der Waals surface area contributed by atoms with Crippen molar-refractivity contribution in [2.45, 2.75) is 66.2 Å². The van der Waals surface area contributed by atoms with Crippen LogP contribution in [0.1, 0.15) is 72.2 Å². The van der Waals surface area contributed by atoms with Crippen molar-refractivity contribution in [1.82, 2.24) is 0 Å². The molecule has 16 aromatic rings. The highest BCUT2D eigenvalue weighted by Crippen LogP contribution is 2.51. The fourth-order valence-electron chi connectivity index (χ4n) is 16.7. The first-order valence-corrected chi connectivity index (χ1v) is 32.7. The van der Waals surface area contributed by atoms with Gasteiger partial charge < -0.3 is 0 Å². The highest BCUT2D eigenvalue weighted by molar-refractivity contribution is 6.18. The molecule has 0 aromatic heterocycles. The van der Waals surface area contributed by atoms with Crippen molar-refractivity contribution in [3.8, 4) is 66.8 Å². The molecule has 428 valence electrons. The number of rotatable bonds is 8. The van der Waals surface area contributed by atoms with Crippen LogP contribution in [0.2, 0.25) is 0 Å². The maximum atomic E-state index is 2.49. The molecule has 0 bridgehead atoms. The topological polar surface area (TPSA) is 0 Å². The van der Waals surface area contributed by atoms with E-state index in [2.05, 4.69) is 295 Å². The van der Waals surface area contributed by atoms with E-state index in [-0.39, 0.29) is 0 Å². The number of fused-ring (bicyclic) bond motifs is 14. The van der Waals surface area contributed by atoms with E-state index in [0.717, 1.165) is 38.5 Å². The monoisotopic (exact) mass is 1150 g/mol. The van der Waals surface area contributed by atoms with Crippen LogP contribution in [0.4, 0.5) is 0 Å². The Hall–Kier alpha value is -10.4. The predicted molar refractivity (Wildman–Crippen MR) is 389 cm³/mol. The van der Waals surface area contributed by atoms with E-state index in [4.69, 9.17) is 0 Å². The van der Waals surface area contributed by atoms with Gasteiger partial charge in [0.05, 0.1) is 0 Å². The number of hydrogen-bond acceptors (Lipinski definition) is 0. The molecule has 0 radical (unpaired) electrons. The van der Waals surface area contributed by atoms with Gasteiger partial charge in [0, 0.05) is 0 Å². The lowest BCUT2D eigenvalue weighted by atomic mass is 9.85. The van der Waals surface area contributed by atoms with Crippen molar-refractivity contribution in [1.29, 1.82) is 0 Å². The van der Waals surface area contributed by atoms with Crippen molar-refractivity contribution < 1.29 is 0 Å². The third-order valence-electron chi connectivity index (χ3n) is 20.5.